The number of nitro benzene ring substituents is 1. The largest absolute Gasteiger partial charge is 0.491 e. The first-order chi connectivity index (χ1) is 10.2. The van der Waals surface area contributed by atoms with Gasteiger partial charge in [0.1, 0.15) is 12.4 Å². The Kier molecular flexibility index (Phi) is 5.91. The Balaban J connectivity index is 1.94. The van der Waals surface area contributed by atoms with E-state index in [2.05, 4.69) is 5.32 Å². The third-order valence-corrected chi connectivity index (χ3v) is 3.13. The van der Waals surface area contributed by atoms with Gasteiger partial charge in [-0.3, -0.25) is 10.1 Å². The summed E-state index contributed by atoms with van der Waals surface area (Å²) in [5.41, 5.74) is 0.838. The fraction of sp³-hybridized carbons (Fsp3) is 0.571. The SMILES string of the molecule is O=[N+]([O-])c1ccc(OCCOCCO)c(CNC2CC2)c1. The van der Waals surface area contributed by atoms with Crippen LogP contribution in [0.3, 0.4) is 0 Å². The minimum absolute atomic E-state index is 0.0198. The highest BCUT2D eigenvalue weighted by Crippen LogP contribution is 2.26. The van der Waals surface area contributed by atoms with Gasteiger partial charge in [0.2, 0.25) is 0 Å². The van der Waals surface area contributed by atoms with Crippen LogP contribution in [0.5, 0.6) is 5.75 Å². The first-order valence-corrected chi connectivity index (χ1v) is 7.03. The summed E-state index contributed by atoms with van der Waals surface area (Å²) in [7, 11) is 0. The van der Waals surface area contributed by atoms with E-state index in [0.717, 1.165) is 18.4 Å². The summed E-state index contributed by atoms with van der Waals surface area (Å²) in [5, 5.41) is 22.8. The van der Waals surface area contributed by atoms with Gasteiger partial charge in [-0.1, -0.05) is 0 Å². The fourth-order valence-electron chi connectivity index (χ4n) is 1.88. The molecule has 0 heterocycles. The number of benzene rings is 1. The lowest BCUT2D eigenvalue weighted by Crippen LogP contribution is -2.17. The smallest absolute Gasteiger partial charge is 0.270 e. The average molecular weight is 296 g/mol. The highest BCUT2D eigenvalue weighted by molar-refractivity contribution is 5.43. The van der Waals surface area contributed by atoms with E-state index in [9.17, 15) is 10.1 Å². The van der Waals surface area contributed by atoms with Gasteiger partial charge < -0.3 is 19.9 Å². The van der Waals surface area contributed by atoms with Crippen LogP contribution in [0, 0.1) is 10.1 Å². The van der Waals surface area contributed by atoms with Crippen LogP contribution in [-0.4, -0.2) is 42.5 Å². The summed E-state index contributed by atoms with van der Waals surface area (Å²) in [6, 6.07) is 5.11. The number of aliphatic hydroxyl groups is 1. The van der Waals surface area contributed by atoms with Gasteiger partial charge in [0.15, 0.2) is 0 Å². The molecule has 1 saturated carbocycles. The topological polar surface area (TPSA) is 93.9 Å². The number of aliphatic hydroxyl groups excluding tert-OH is 1. The zero-order valence-corrected chi connectivity index (χ0v) is 11.8. The first-order valence-electron chi connectivity index (χ1n) is 7.03. The Labute approximate surface area is 123 Å². The molecule has 1 aromatic rings. The molecule has 0 aliphatic heterocycles. The Morgan fingerprint density at radius 3 is 2.81 bits per heavy atom. The van der Waals surface area contributed by atoms with Crippen molar-refractivity contribution in [3.63, 3.8) is 0 Å². The maximum absolute atomic E-state index is 10.8. The highest BCUT2D eigenvalue weighted by Gasteiger charge is 2.21. The van der Waals surface area contributed by atoms with Gasteiger partial charge >= 0.3 is 0 Å². The minimum atomic E-state index is -0.408. The van der Waals surface area contributed by atoms with Crippen LogP contribution in [0.25, 0.3) is 0 Å². The number of hydrogen-bond acceptors (Lipinski definition) is 6. The molecule has 1 aliphatic carbocycles. The molecule has 1 aliphatic rings. The van der Waals surface area contributed by atoms with Crippen LogP contribution in [-0.2, 0) is 11.3 Å². The second-order valence-corrected chi connectivity index (χ2v) is 4.89. The highest BCUT2D eigenvalue weighted by atomic mass is 16.6. The second-order valence-electron chi connectivity index (χ2n) is 4.89. The van der Waals surface area contributed by atoms with Crippen molar-refractivity contribution < 1.29 is 19.5 Å². The number of rotatable bonds is 10. The van der Waals surface area contributed by atoms with Gasteiger partial charge in [-0.05, 0) is 18.9 Å². The number of ether oxygens (including phenoxy) is 2. The van der Waals surface area contributed by atoms with E-state index in [-0.39, 0.29) is 18.9 Å². The van der Waals surface area contributed by atoms with E-state index in [1.807, 2.05) is 0 Å². The molecule has 0 amide bonds. The standard InChI is InChI=1S/C14H20N2O5/c17-5-6-20-7-8-21-14-4-3-13(16(18)19)9-11(14)10-15-12-1-2-12/h3-4,9,12,15,17H,1-2,5-8,10H2. The molecule has 1 aromatic carbocycles. The number of non-ortho nitro benzene ring substituents is 1. The van der Waals surface area contributed by atoms with E-state index in [1.165, 1.54) is 6.07 Å². The van der Waals surface area contributed by atoms with Crippen LogP contribution >= 0.6 is 0 Å². The van der Waals surface area contributed by atoms with Gasteiger partial charge in [0.25, 0.3) is 5.69 Å². The number of nitrogens with zero attached hydrogens (tertiary/aromatic N) is 1. The monoisotopic (exact) mass is 296 g/mol. The van der Waals surface area contributed by atoms with Crippen molar-refractivity contribution in [3.05, 3.63) is 33.9 Å². The maximum atomic E-state index is 10.8. The average Bonchev–Trinajstić information content (AvgIpc) is 3.29. The second kappa shape index (κ2) is 7.92. The van der Waals surface area contributed by atoms with Crippen molar-refractivity contribution in [2.45, 2.75) is 25.4 Å². The lowest BCUT2D eigenvalue weighted by atomic mass is 10.1. The predicted octanol–water partition coefficient (Wildman–Crippen LogP) is 1.23. The molecular weight excluding hydrogens is 276 g/mol. The molecule has 1 fully saturated rings. The molecule has 2 N–H and O–H groups in total. The minimum Gasteiger partial charge on any atom is -0.491 e. The van der Waals surface area contributed by atoms with Crippen molar-refractivity contribution in [2.75, 3.05) is 26.4 Å². The third kappa shape index (κ3) is 5.30. The zero-order chi connectivity index (χ0) is 15.1. The van der Waals surface area contributed by atoms with E-state index >= 15 is 0 Å². The van der Waals surface area contributed by atoms with Gasteiger partial charge in [0, 0.05) is 30.3 Å². The number of nitrogens with one attached hydrogen (secondary N) is 1. The van der Waals surface area contributed by atoms with Crippen LogP contribution < -0.4 is 10.1 Å². The summed E-state index contributed by atoms with van der Waals surface area (Å²) < 4.78 is 10.7. The van der Waals surface area contributed by atoms with Crippen molar-refractivity contribution in [2.24, 2.45) is 0 Å². The molecule has 21 heavy (non-hydrogen) atoms. The molecule has 116 valence electrons. The van der Waals surface area contributed by atoms with Crippen LogP contribution in [0.1, 0.15) is 18.4 Å². The predicted molar refractivity (Wildman–Crippen MR) is 76.4 cm³/mol. The Bertz CT molecular complexity index is 476. The van der Waals surface area contributed by atoms with E-state index in [4.69, 9.17) is 14.6 Å². The molecule has 0 spiro atoms. The lowest BCUT2D eigenvalue weighted by molar-refractivity contribution is -0.384. The van der Waals surface area contributed by atoms with E-state index < -0.39 is 4.92 Å². The maximum Gasteiger partial charge on any atom is 0.270 e. The van der Waals surface area contributed by atoms with Crippen LogP contribution in [0.15, 0.2) is 18.2 Å². The zero-order valence-electron chi connectivity index (χ0n) is 11.8. The summed E-state index contributed by atoms with van der Waals surface area (Å²) >= 11 is 0. The third-order valence-electron chi connectivity index (χ3n) is 3.13. The number of hydrogen-bond donors (Lipinski definition) is 2. The summed E-state index contributed by atoms with van der Waals surface area (Å²) in [5.74, 6) is 0.626. The normalized spacial score (nSPS) is 14.1. The van der Waals surface area contributed by atoms with Gasteiger partial charge in [-0.15, -0.1) is 0 Å². The summed E-state index contributed by atoms with van der Waals surface area (Å²) in [4.78, 5) is 10.4. The van der Waals surface area contributed by atoms with Gasteiger partial charge in [0.05, 0.1) is 24.7 Å². The lowest BCUT2D eigenvalue weighted by Gasteiger charge is -2.12. The summed E-state index contributed by atoms with van der Waals surface area (Å²) in [6.07, 6.45) is 2.31. The fourth-order valence-corrected chi connectivity index (χ4v) is 1.88. The Hall–Kier alpha value is -1.70. The molecule has 0 aromatic heterocycles. The number of nitro groups is 1. The Morgan fingerprint density at radius 1 is 1.33 bits per heavy atom. The van der Waals surface area contributed by atoms with Crippen molar-refractivity contribution in [1.82, 2.24) is 5.32 Å². The van der Waals surface area contributed by atoms with Gasteiger partial charge in [-0.2, -0.15) is 0 Å². The van der Waals surface area contributed by atoms with Gasteiger partial charge in [-0.25, -0.2) is 0 Å². The molecule has 0 atom stereocenters. The van der Waals surface area contributed by atoms with Crippen molar-refractivity contribution >= 4 is 5.69 Å². The quantitative estimate of drug-likeness (QED) is 0.383. The molecule has 2 rings (SSSR count). The Morgan fingerprint density at radius 2 is 2.14 bits per heavy atom. The van der Waals surface area contributed by atoms with Crippen LogP contribution in [0.4, 0.5) is 5.69 Å². The molecular formula is C14H20N2O5. The van der Waals surface area contributed by atoms with Crippen LogP contribution in [0.2, 0.25) is 0 Å². The van der Waals surface area contributed by atoms with E-state index in [0.29, 0.717) is 31.5 Å². The molecule has 0 saturated heterocycles. The molecule has 0 bridgehead atoms. The first kappa shape index (κ1) is 15.7. The molecule has 7 nitrogen and oxygen atoms in total. The van der Waals surface area contributed by atoms with Crippen molar-refractivity contribution in [1.29, 1.82) is 0 Å². The van der Waals surface area contributed by atoms with Crippen molar-refractivity contribution in [3.8, 4) is 5.75 Å². The summed E-state index contributed by atoms with van der Waals surface area (Å²) in [6.45, 7) is 1.52. The molecule has 7 heteroatoms. The van der Waals surface area contributed by atoms with E-state index in [1.54, 1.807) is 12.1 Å². The molecule has 0 unspecified atom stereocenters. The molecule has 0 radical (unpaired) electrons.